The van der Waals surface area contributed by atoms with Gasteiger partial charge < -0.3 is 0 Å². The van der Waals surface area contributed by atoms with Gasteiger partial charge >= 0.3 is 0 Å². The molecule has 0 saturated heterocycles. The number of pyridine rings is 2. The van der Waals surface area contributed by atoms with Crippen LogP contribution in [0.1, 0.15) is 10.6 Å². The van der Waals surface area contributed by atoms with Crippen molar-refractivity contribution in [1.29, 1.82) is 0 Å². The Bertz CT molecular complexity index is 927. The normalized spacial score (nSPS) is 11.5. The standard InChI is InChI=1S/C15H10N6S/c1-3-11(9-16-7-1)5-6-13-20-21-14(18-19-15(21)22-13)12-4-2-8-17-10-12/h1-10H. The SMILES string of the molecule is C(=Cc1nn2c(-c3cccnc3)nnc2s1)c1cccnc1. The van der Waals surface area contributed by atoms with Gasteiger partial charge in [-0.2, -0.15) is 9.61 Å². The molecule has 6 nitrogen and oxygen atoms in total. The molecule has 0 N–H and O–H groups in total. The van der Waals surface area contributed by atoms with Gasteiger partial charge in [0.25, 0.3) is 0 Å². The maximum Gasteiger partial charge on any atom is 0.235 e. The number of rotatable bonds is 3. The molecule has 0 aliphatic rings. The van der Waals surface area contributed by atoms with Gasteiger partial charge in [-0.05, 0) is 29.8 Å². The van der Waals surface area contributed by atoms with Gasteiger partial charge in [0, 0.05) is 30.4 Å². The van der Waals surface area contributed by atoms with Crippen molar-refractivity contribution in [3.63, 3.8) is 0 Å². The minimum absolute atomic E-state index is 0.695. The first-order valence-electron chi connectivity index (χ1n) is 6.61. The first-order chi connectivity index (χ1) is 10.9. The van der Waals surface area contributed by atoms with E-state index >= 15 is 0 Å². The number of hydrogen-bond acceptors (Lipinski definition) is 6. The molecule has 0 spiro atoms. The average molecular weight is 306 g/mol. The summed E-state index contributed by atoms with van der Waals surface area (Å²) in [5.74, 6) is 0.695. The zero-order chi connectivity index (χ0) is 14.8. The van der Waals surface area contributed by atoms with E-state index in [1.54, 1.807) is 29.3 Å². The van der Waals surface area contributed by atoms with E-state index in [-0.39, 0.29) is 0 Å². The minimum atomic E-state index is 0.695. The van der Waals surface area contributed by atoms with E-state index in [0.29, 0.717) is 5.82 Å². The molecule has 0 saturated carbocycles. The summed E-state index contributed by atoms with van der Waals surface area (Å²) < 4.78 is 1.74. The van der Waals surface area contributed by atoms with Crippen molar-refractivity contribution in [2.45, 2.75) is 0 Å². The Kier molecular flexibility index (Phi) is 3.17. The highest BCUT2D eigenvalue weighted by atomic mass is 32.1. The van der Waals surface area contributed by atoms with Crippen LogP contribution in [0.2, 0.25) is 0 Å². The molecule has 106 valence electrons. The van der Waals surface area contributed by atoms with Crippen molar-refractivity contribution in [3.8, 4) is 11.4 Å². The average Bonchev–Trinajstić information content (AvgIpc) is 3.15. The minimum Gasteiger partial charge on any atom is -0.264 e. The molecule has 0 radical (unpaired) electrons. The highest BCUT2D eigenvalue weighted by Crippen LogP contribution is 2.21. The summed E-state index contributed by atoms with van der Waals surface area (Å²) >= 11 is 1.48. The number of aromatic nitrogens is 6. The predicted octanol–water partition coefficient (Wildman–Crippen LogP) is 2.81. The Hall–Kier alpha value is -2.93. The van der Waals surface area contributed by atoms with Crippen molar-refractivity contribution in [2.24, 2.45) is 0 Å². The van der Waals surface area contributed by atoms with Crippen LogP contribution in [-0.4, -0.2) is 29.8 Å². The Morgan fingerprint density at radius 1 is 0.955 bits per heavy atom. The van der Waals surface area contributed by atoms with Crippen molar-refractivity contribution >= 4 is 28.4 Å². The van der Waals surface area contributed by atoms with Crippen LogP contribution in [0.5, 0.6) is 0 Å². The van der Waals surface area contributed by atoms with Crippen molar-refractivity contribution in [2.75, 3.05) is 0 Å². The summed E-state index contributed by atoms with van der Waals surface area (Å²) in [6.45, 7) is 0. The first-order valence-corrected chi connectivity index (χ1v) is 7.42. The Labute approximate surface area is 129 Å². The maximum atomic E-state index is 4.54. The quantitative estimate of drug-likeness (QED) is 0.582. The summed E-state index contributed by atoms with van der Waals surface area (Å²) in [6, 6.07) is 7.70. The van der Waals surface area contributed by atoms with Crippen LogP contribution in [0.15, 0.2) is 49.1 Å². The van der Waals surface area contributed by atoms with Crippen LogP contribution in [0.25, 0.3) is 28.5 Å². The molecule has 22 heavy (non-hydrogen) atoms. The molecule has 0 aliphatic heterocycles. The van der Waals surface area contributed by atoms with Crippen LogP contribution in [0, 0.1) is 0 Å². The lowest BCUT2D eigenvalue weighted by molar-refractivity contribution is 0.958. The zero-order valence-electron chi connectivity index (χ0n) is 11.4. The molecule has 4 aromatic rings. The largest absolute Gasteiger partial charge is 0.264 e. The fourth-order valence-electron chi connectivity index (χ4n) is 2.02. The molecule has 0 fully saturated rings. The van der Waals surface area contributed by atoms with Crippen molar-refractivity contribution < 1.29 is 0 Å². The van der Waals surface area contributed by atoms with E-state index in [1.807, 2.05) is 36.4 Å². The Morgan fingerprint density at radius 2 is 1.82 bits per heavy atom. The topological polar surface area (TPSA) is 68.9 Å². The summed E-state index contributed by atoms with van der Waals surface area (Å²) in [5, 5.41) is 13.7. The predicted molar refractivity (Wildman–Crippen MR) is 85.1 cm³/mol. The molecule has 4 heterocycles. The Morgan fingerprint density at radius 3 is 2.59 bits per heavy atom. The molecule has 0 unspecified atom stereocenters. The highest BCUT2D eigenvalue weighted by molar-refractivity contribution is 7.17. The summed E-state index contributed by atoms with van der Waals surface area (Å²) in [7, 11) is 0. The van der Waals surface area contributed by atoms with E-state index in [1.165, 1.54) is 11.3 Å². The van der Waals surface area contributed by atoms with E-state index in [4.69, 9.17) is 0 Å². The molecule has 0 aliphatic carbocycles. The van der Waals surface area contributed by atoms with Crippen molar-refractivity contribution in [1.82, 2.24) is 29.8 Å². The lowest BCUT2D eigenvalue weighted by Crippen LogP contribution is -1.91. The van der Waals surface area contributed by atoms with Crippen LogP contribution < -0.4 is 0 Å². The molecule has 7 heteroatoms. The van der Waals surface area contributed by atoms with Gasteiger partial charge in [0.05, 0.1) is 0 Å². The van der Waals surface area contributed by atoms with Gasteiger partial charge in [-0.15, -0.1) is 10.2 Å². The van der Waals surface area contributed by atoms with Gasteiger partial charge in [0.1, 0.15) is 5.01 Å². The third kappa shape index (κ3) is 2.38. The molecule has 0 amide bonds. The molecule has 4 aromatic heterocycles. The van der Waals surface area contributed by atoms with Crippen molar-refractivity contribution in [3.05, 3.63) is 59.6 Å². The third-order valence-electron chi connectivity index (χ3n) is 3.03. The summed E-state index contributed by atoms with van der Waals surface area (Å²) in [6.07, 6.45) is 11.0. The highest BCUT2D eigenvalue weighted by Gasteiger charge is 2.12. The molecular weight excluding hydrogens is 296 g/mol. The maximum absolute atomic E-state index is 4.54. The fraction of sp³-hybridized carbons (Fsp3) is 0. The van der Waals surface area contributed by atoms with E-state index in [0.717, 1.165) is 21.1 Å². The van der Waals surface area contributed by atoms with Gasteiger partial charge in [0.2, 0.25) is 4.96 Å². The summed E-state index contributed by atoms with van der Waals surface area (Å²) in [4.78, 5) is 8.94. The molecule has 0 atom stereocenters. The number of fused-ring (bicyclic) bond motifs is 1. The lowest BCUT2D eigenvalue weighted by Gasteiger charge is -1.94. The second-order valence-electron chi connectivity index (χ2n) is 4.52. The van der Waals surface area contributed by atoms with Crippen LogP contribution in [0.3, 0.4) is 0 Å². The van der Waals surface area contributed by atoms with E-state index in [9.17, 15) is 0 Å². The zero-order valence-corrected chi connectivity index (χ0v) is 12.2. The number of hydrogen-bond donors (Lipinski definition) is 0. The summed E-state index contributed by atoms with van der Waals surface area (Å²) in [5.41, 5.74) is 1.92. The monoisotopic (exact) mass is 306 g/mol. The smallest absolute Gasteiger partial charge is 0.235 e. The van der Waals surface area contributed by atoms with E-state index in [2.05, 4.69) is 25.3 Å². The van der Waals surface area contributed by atoms with Crippen LogP contribution in [-0.2, 0) is 0 Å². The van der Waals surface area contributed by atoms with Gasteiger partial charge in [-0.1, -0.05) is 23.5 Å². The first kappa shape index (κ1) is 12.8. The molecule has 4 rings (SSSR count). The van der Waals surface area contributed by atoms with E-state index < -0.39 is 0 Å². The Balaban J connectivity index is 1.70. The van der Waals surface area contributed by atoms with Crippen LogP contribution >= 0.6 is 11.3 Å². The van der Waals surface area contributed by atoms with Gasteiger partial charge in [-0.3, -0.25) is 9.97 Å². The van der Waals surface area contributed by atoms with Gasteiger partial charge in [0.15, 0.2) is 5.82 Å². The second kappa shape index (κ2) is 5.45. The molecule has 0 bridgehead atoms. The third-order valence-corrected chi connectivity index (χ3v) is 3.89. The van der Waals surface area contributed by atoms with Crippen LogP contribution in [0.4, 0.5) is 0 Å². The van der Waals surface area contributed by atoms with Gasteiger partial charge in [-0.25, -0.2) is 0 Å². The molecular formula is C15H10N6S. The fourth-order valence-corrected chi connectivity index (χ4v) is 2.76. The number of nitrogens with zero attached hydrogens (tertiary/aromatic N) is 6. The lowest BCUT2D eigenvalue weighted by atomic mass is 10.3. The molecule has 0 aromatic carbocycles. The second-order valence-corrected chi connectivity index (χ2v) is 5.51.